The molecule has 0 spiro atoms. The number of carboxylic acids is 1. The van der Waals surface area contributed by atoms with Gasteiger partial charge in [0.05, 0.1) is 13.2 Å². The van der Waals surface area contributed by atoms with Crippen molar-refractivity contribution < 1.29 is 24.2 Å². The highest BCUT2D eigenvalue weighted by Crippen LogP contribution is 2.24. The highest BCUT2D eigenvalue weighted by Gasteiger charge is 2.40. The van der Waals surface area contributed by atoms with Crippen molar-refractivity contribution in [2.75, 3.05) is 19.7 Å². The number of rotatable bonds is 4. The van der Waals surface area contributed by atoms with Crippen LogP contribution in [-0.2, 0) is 25.7 Å². The van der Waals surface area contributed by atoms with Gasteiger partial charge < -0.3 is 19.6 Å². The molecule has 134 valence electrons. The first-order valence-electron chi connectivity index (χ1n) is 8.44. The van der Waals surface area contributed by atoms with Crippen LogP contribution in [0.15, 0.2) is 24.3 Å². The molecule has 2 fully saturated rings. The van der Waals surface area contributed by atoms with Gasteiger partial charge in [0.1, 0.15) is 6.04 Å². The maximum absolute atomic E-state index is 12.9. The monoisotopic (exact) mass is 346 g/mol. The standard InChI is InChI=1S/C18H22N2O5/c1-12-2-4-13(5-3-12)10-20-14(6-7-16(20)21)17(22)19-8-9-25-15(11-19)18(23)24/h2-5,14-15H,6-11H2,1H3,(H,23,24)/t14-,15+/m0/s1. The Labute approximate surface area is 146 Å². The molecule has 2 saturated heterocycles. The summed E-state index contributed by atoms with van der Waals surface area (Å²) in [4.78, 5) is 39.3. The van der Waals surface area contributed by atoms with Crippen molar-refractivity contribution in [3.63, 3.8) is 0 Å². The molecule has 0 aliphatic carbocycles. The van der Waals surface area contributed by atoms with Crippen LogP contribution in [-0.4, -0.2) is 64.5 Å². The maximum Gasteiger partial charge on any atom is 0.334 e. The number of nitrogens with zero attached hydrogens (tertiary/aromatic N) is 2. The molecule has 2 atom stereocenters. The second-order valence-corrected chi connectivity index (χ2v) is 6.54. The molecular weight excluding hydrogens is 324 g/mol. The molecule has 2 amide bonds. The third kappa shape index (κ3) is 3.82. The summed E-state index contributed by atoms with van der Waals surface area (Å²) in [6.07, 6.45) is -0.187. The van der Waals surface area contributed by atoms with Crippen molar-refractivity contribution in [1.29, 1.82) is 0 Å². The highest BCUT2D eigenvalue weighted by molar-refractivity contribution is 5.91. The summed E-state index contributed by atoms with van der Waals surface area (Å²) < 4.78 is 5.16. The number of carbonyl (C=O) groups excluding carboxylic acids is 2. The van der Waals surface area contributed by atoms with Gasteiger partial charge in [-0.05, 0) is 18.9 Å². The van der Waals surface area contributed by atoms with Crippen LogP contribution < -0.4 is 0 Å². The molecule has 0 radical (unpaired) electrons. The molecular formula is C18H22N2O5. The SMILES string of the molecule is Cc1ccc(CN2C(=O)CC[C@H]2C(=O)N2CCO[C@@H](C(=O)O)C2)cc1. The van der Waals surface area contributed by atoms with Gasteiger partial charge in [0.25, 0.3) is 0 Å². The lowest BCUT2D eigenvalue weighted by Gasteiger charge is -2.34. The van der Waals surface area contributed by atoms with E-state index in [1.165, 1.54) is 4.90 Å². The van der Waals surface area contributed by atoms with Gasteiger partial charge in [-0.2, -0.15) is 0 Å². The van der Waals surface area contributed by atoms with Crippen molar-refractivity contribution in [1.82, 2.24) is 9.80 Å². The van der Waals surface area contributed by atoms with E-state index in [0.29, 0.717) is 25.9 Å². The lowest BCUT2D eigenvalue weighted by Crippen LogP contribution is -2.54. The second kappa shape index (κ2) is 7.23. The predicted octanol–water partition coefficient (Wildman–Crippen LogP) is 0.798. The number of amides is 2. The Hall–Kier alpha value is -2.41. The van der Waals surface area contributed by atoms with Gasteiger partial charge in [0.15, 0.2) is 6.10 Å². The van der Waals surface area contributed by atoms with Crippen LogP contribution in [0.4, 0.5) is 0 Å². The van der Waals surface area contributed by atoms with E-state index >= 15 is 0 Å². The maximum atomic E-state index is 12.9. The van der Waals surface area contributed by atoms with Gasteiger partial charge in [-0.1, -0.05) is 29.8 Å². The van der Waals surface area contributed by atoms with Gasteiger partial charge in [-0.25, -0.2) is 4.79 Å². The van der Waals surface area contributed by atoms with Crippen molar-refractivity contribution >= 4 is 17.8 Å². The molecule has 2 aliphatic rings. The van der Waals surface area contributed by atoms with E-state index in [1.54, 1.807) is 4.90 Å². The minimum absolute atomic E-state index is 0.0250. The molecule has 7 heteroatoms. The van der Waals surface area contributed by atoms with Crippen molar-refractivity contribution in [2.45, 2.75) is 38.5 Å². The summed E-state index contributed by atoms with van der Waals surface area (Å²) in [6, 6.07) is 7.34. The van der Waals surface area contributed by atoms with Crippen molar-refractivity contribution in [3.8, 4) is 0 Å². The molecule has 0 aromatic heterocycles. The lowest BCUT2D eigenvalue weighted by molar-refractivity contribution is -0.161. The Morgan fingerprint density at radius 1 is 1.28 bits per heavy atom. The first-order chi connectivity index (χ1) is 12.0. The summed E-state index contributed by atoms with van der Waals surface area (Å²) in [5.41, 5.74) is 2.11. The minimum Gasteiger partial charge on any atom is -0.479 e. The van der Waals surface area contributed by atoms with Crippen LogP contribution in [0, 0.1) is 6.92 Å². The number of hydrogen-bond acceptors (Lipinski definition) is 4. The van der Waals surface area contributed by atoms with Crippen LogP contribution in [0.25, 0.3) is 0 Å². The van der Waals surface area contributed by atoms with E-state index in [9.17, 15) is 14.4 Å². The molecule has 1 aromatic rings. The number of aryl methyl sites for hydroxylation is 1. The van der Waals surface area contributed by atoms with Crippen LogP contribution in [0.5, 0.6) is 0 Å². The number of benzene rings is 1. The molecule has 1 N–H and O–H groups in total. The van der Waals surface area contributed by atoms with Gasteiger partial charge in [-0.15, -0.1) is 0 Å². The largest absolute Gasteiger partial charge is 0.479 e. The summed E-state index contributed by atoms with van der Waals surface area (Å²) in [5, 5.41) is 9.09. The molecule has 1 aromatic carbocycles. The van der Waals surface area contributed by atoms with Gasteiger partial charge >= 0.3 is 5.97 Å². The Kier molecular flexibility index (Phi) is 5.03. The quantitative estimate of drug-likeness (QED) is 0.871. The molecule has 25 heavy (non-hydrogen) atoms. The predicted molar refractivity (Wildman–Crippen MR) is 88.7 cm³/mol. The van der Waals surface area contributed by atoms with E-state index in [0.717, 1.165) is 11.1 Å². The Balaban J connectivity index is 1.71. The smallest absolute Gasteiger partial charge is 0.334 e. The molecule has 2 aliphatic heterocycles. The van der Waals surface area contributed by atoms with E-state index < -0.39 is 18.1 Å². The third-order valence-corrected chi connectivity index (χ3v) is 4.74. The fourth-order valence-electron chi connectivity index (χ4n) is 3.29. The van der Waals surface area contributed by atoms with Gasteiger partial charge in [0.2, 0.25) is 11.8 Å². The summed E-state index contributed by atoms with van der Waals surface area (Å²) in [7, 11) is 0. The lowest BCUT2D eigenvalue weighted by atomic mass is 10.1. The number of morpholine rings is 1. The number of ether oxygens (including phenoxy) is 1. The zero-order valence-electron chi connectivity index (χ0n) is 14.2. The van der Waals surface area contributed by atoms with Gasteiger partial charge in [0, 0.05) is 19.5 Å². The zero-order valence-corrected chi connectivity index (χ0v) is 14.2. The van der Waals surface area contributed by atoms with Crippen molar-refractivity contribution in [2.24, 2.45) is 0 Å². The van der Waals surface area contributed by atoms with E-state index in [1.807, 2.05) is 31.2 Å². The van der Waals surface area contributed by atoms with Gasteiger partial charge in [-0.3, -0.25) is 9.59 Å². The summed E-state index contributed by atoms with van der Waals surface area (Å²) in [5.74, 6) is -1.30. The van der Waals surface area contributed by atoms with E-state index in [2.05, 4.69) is 0 Å². The third-order valence-electron chi connectivity index (χ3n) is 4.74. The molecule has 2 heterocycles. The normalized spacial score (nSPS) is 23.8. The van der Waals surface area contributed by atoms with E-state index in [-0.39, 0.29) is 25.0 Å². The molecule has 3 rings (SSSR count). The van der Waals surface area contributed by atoms with Crippen LogP contribution in [0.1, 0.15) is 24.0 Å². The number of likely N-dealkylation sites (tertiary alicyclic amines) is 1. The van der Waals surface area contributed by atoms with Crippen molar-refractivity contribution in [3.05, 3.63) is 35.4 Å². The first-order valence-corrected chi connectivity index (χ1v) is 8.44. The second-order valence-electron chi connectivity index (χ2n) is 6.54. The fourth-order valence-corrected chi connectivity index (χ4v) is 3.29. The molecule has 0 bridgehead atoms. The van der Waals surface area contributed by atoms with Crippen LogP contribution in [0.2, 0.25) is 0 Å². The first kappa shape index (κ1) is 17.4. The average Bonchev–Trinajstić information content (AvgIpc) is 2.97. The molecule has 0 unspecified atom stereocenters. The van der Waals surface area contributed by atoms with E-state index in [4.69, 9.17) is 9.84 Å². The Morgan fingerprint density at radius 2 is 2.00 bits per heavy atom. The van der Waals surface area contributed by atoms with Crippen LogP contribution in [0.3, 0.4) is 0 Å². The number of carboxylic acid groups (broad SMARTS) is 1. The minimum atomic E-state index is -1.07. The number of aliphatic carboxylic acids is 1. The Morgan fingerprint density at radius 3 is 2.68 bits per heavy atom. The summed E-state index contributed by atoms with van der Waals surface area (Å²) >= 11 is 0. The zero-order chi connectivity index (χ0) is 18.0. The number of hydrogen-bond donors (Lipinski definition) is 1. The molecule has 0 saturated carbocycles. The number of carbonyl (C=O) groups is 3. The highest BCUT2D eigenvalue weighted by atomic mass is 16.5. The van der Waals surface area contributed by atoms with Crippen LogP contribution >= 0.6 is 0 Å². The fraction of sp³-hybridized carbons (Fsp3) is 0.500. The molecule has 7 nitrogen and oxygen atoms in total. The average molecular weight is 346 g/mol. The summed E-state index contributed by atoms with van der Waals surface area (Å²) in [6.45, 7) is 2.96. The Bertz CT molecular complexity index is 673. The topological polar surface area (TPSA) is 87.2 Å².